The Bertz CT molecular complexity index is 148. The fourth-order valence-electron chi connectivity index (χ4n) is 1.34. The summed E-state index contributed by atoms with van der Waals surface area (Å²) in [5, 5.41) is 0. The number of ether oxygens (including phenoxy) is 4. The molecule has 0 saturated carbocycles. The maximum absolute atomic E-state index is 5.43. The molecule has 0 aliphatic carbocycles. The van der Waals surface area contributed by atoms with Crippen molar-refractivity contribution in [1.82, 2.24) is 0 Å². The second kappa shape index (κ2) is 6.43. The first-order chi connectivity index (χ1) is 7.45. The van der Waals surface area contributed by atoms with Crippen LogP contribution in [0, 0.1) is 0 Å². The molecule has 15 heavy (non-hydrogen) atoms. The summed E-state index contributed by atoms with van der Waals surface area (Å²) in [5.41, 5.74) is 0. The molecule has 2 rings (SSSR count). The van der Waals surface area contributed by atoms with Crippen molar-refractivity contribution in [2.75, 3.05) is 39.6 Å². The fraction of sp³-hybridized carbons (Fsp3) is 1.00. The normalized spacial score (nSPS) is 28.0. The van der Waals surface area contributed by atoms with Crippen LogP contribution in [-0.2, 0) is 18.9 Å². The van der Waals surface area contributed by atoms with Gasteiger partial charge >= 0.3 is 0 Å². The zero-order valence-electron chi connectivity index (χ0n) is 9.15. The third kappa shape index (κ3) is 6.10. The van der Waals surface area contributed by atoms with Crippen LogP contribution in [0.25, 0.3) is 0 Å². The zero-order chi connectivity index (χ0) is 10.3. The van der Waals surface area contributed by atoms with Gasteiger partial charge in [0.25, 0.3) is 0 Å². The molecule has 0 radical (unpaired) electrons. The molecule has 0 aromatic carbocycles. The molecule has 2 unspecified atom stereocenters. The lowest BCUT2D eigenvalue weighted by Crippen LogP contribution is -2.04. The molecule has 0 aromatic heterocycles. The average Bonchev–Trinajstić information content (AvgIpc) is 3.10. The van der Waals surface area contributed by atoms with E-state index in [0.29, 0.717) is 12.2 Å². The van der Waals surface area contributed by atoms with Crippen LogP contribution < -0.4 is 0 Å². The van der Waals surface area contributed by atoms with Crippen molar-refractivity contribution < 1.29 is 18.9 Å². The van der Waals surface area contributed by atoms with Crippen molar-refractivity contribution in [3.05, 3.63) is 0 Å². The van der Waals surface area contributed by atoms with Gasteiger partial charge in [0.05, 0.1) is 26.4 Å². The van der Waals surface area contributed by atoms with E-state index < -0.39 is 0 Å². The number of hydrogen-bond acceptors (Lipinski definition) is 4. The Morgan fingerprint density at radius 3 is 1.67 bits per heavy atom. The molecule has 2 aliphatic heterocycles. The van der Waals surface area contributed by atoms with Crippen molar-refractivity contribution in [2.24, 2.45) is 0 Å². The Hall–Kier alpha value is -0.160. The predicted molar refractivity (Wildman–Crippen MR) is 55.0 cm³/mol. The second-order valence-electron chi connectivity index (χ2n) is 4.12. The van der Waals surface area contributed by atoms with E-state index in [1.807, 2.05) is 0 Å². The van der Waals surface area contributed by atoms with Gasteiger partial charge < -0.3 is 18.9 Å². The van der Waals surface area contributed by atoms with Gasteiger partial charge in [-0.2, -0.15) is 0 Å². The molecule has 2 heterocycles. The van der Waals surface area contributed by atoms with E-state index in [0.717, 1.165) is 52.5 Å². The molecule has 4 nitrogen and oxygen atoms in total. The Balaban J connectivity index is 1.23. The highest BCUT2D eigenvalue weighted by Crippen LogP contribution is 2.10. The van der Waals surface area contributed by atoms with E-state index >= 15 is 0 Å². The van der Waals surface area contributed by atoms with Crippen LogP contribution in [-0.4, -0.2) is 51.8 Å². The summed E-state index contributed by atoms with van der Waals surface area (Å²) in [6, 6.07) is 0. The van der Waals surface area contributed by atoms with Gasteiger partial charge in [-0.3, -0.25) is 0 Å². The molecule has 2 saturated heterocycles. The quantitative estimate of drug-likeness (QED) is 0.403. The van der Waals surface area contributed by atoms with E-state index in [1.165, 1.54) is 6.42 Å². The number of rotatable bonds is 10. The summed E-state index contributed by atoms with van der Waals surface area (Å²) in [5.74, 6) is 0. The van der Waals surface area contributed by atoms with Crippen molar-refractivity contribution in [1.29, 1.82) is 0 Å². The maximum Gasteiger partial charge on any atom is 0.104 e. The lowest BCUT2D eigenvalue weighted by atomic mass is 10.2. The van der Waals surface area contributed by atoms with Crippen LogP contribution in [0.5, 0.6) is 0 Å². The molecule has 2 aliphatic rings. The van der Waals surface area contributed by atoms with Crippen LogP contribution in [0.3, 0.4) is 0 Å². The van der Waals surface area contributed by atoms with Gasteiger partial charge in [-0.05, 0) is 19.3 Å². The smallest absolute Gasteiger partial charge is 0.104 e. The maximum atomic E-state index is 5.43. The Morgan fingerprint density at radius 2 is 1.27 bits per heavy atom. The Labute approximate surface area is 90.8 Å². The minimum atomic E-state index is 0.395. The molecular formula is C11H20O4. The Morgan fingerprint density at radius 1 is 0.800 bits per heavy atom. The zero-order valence-corrected chi connectivity index (χ0v) is 9.15. The van der Waals surface area contributed by atoms with Crippen LogP contribution in [0.4, 0.5) is 0 Å². The molecule has 2 fully saturated rings. The molecule has 4 heteroatoms. The number of epoxide rings is 2. The first-order valence-electron chi connectivity index (χ1n) is 5.84. The van der Waals surface area contributed by atoms with E-state index in [2.05, 4.69) is 0 Å². The van der Waals surface area contributed by atoms with E-state index in [9.17, 15) is 0 Å². The van der Waals surface area contributed by atoms with Gasteiger partial charge in [0.1, 0.15) is 12.2 Å². The van der Waals surface area contributed by atoms with Gasteiger partial charge in [-0.25, -0.2) is 0 Å². The molecule has 0 N–H and O–H groups in total. The van der Waals surface area contributed by atoms with Crippen LogP contribution >= 0.6 is 0 Å². The largest absolute Gasteiger partial charge is 0.379 e. The molecule has 0 amide bonds. The highest BCUT2D eigenvalue weighted by molar-refractivity contribution is 4.67. The van der Waals surface area contributed by atoms with Crippen molar-refractivity contribution in [3.8, 4) is 0 Å². The summed E-state index contributed by atoms with van der Waals surface area (Å²) in [4.78, 5) is 0. The fourth-order valence-corrected chi connectivity index (χ4v) is 1.34. The van der Waals surface area contributed by atoms with E-state index in [1.54, 1.807) is 0 Å². The highest BCUT2D eigenvalue weighted by Gasteiger charge is 2.22. The standard InChI is InChI=1S/C11H20O4/c1(2-4-12-6-10-8-14-10)3-5-13-7-11-9-15-11/h10-11H,1-9H2. The first kappa shape index (κ1) is 11.3. The monoisotopic (exact) mass is 216 g/mol. The van der Waals surface area contributed by atoms with Crippen molar-refractivity contribution >= 4 is 0 Å². The lowest BCUT2D eigenvalue weighted by molar-refractivity contribution is 0.0992. The molecule has 0 bridgehead atoms. The Kier molecular flexibility index (Phi) is 4.86. The van der Waals surface area contributed by atoms with Crippen molar-refractivity contribution in [3.63, 3.8) is 0 Å². The van der Waals surface area contributed by atoms with Gasteiger partial charge in [0.2, 0.25) is 0 Å². The van der Waals surface area contributed by atoms with Gasteiger partial charge in [0, 0.05) is 13.2 Å². The summed E-state index contributed by atoms with van der Waals surface area (Å²) in [6.07, 6.45) is 4.21. The molecule has 0 aromatic rings. The SMILES string of the molecule is C(CCOCC1CO1)CCOCC1CO1. The van der Waals surface area contributed by atoms with Crippen LogP contribution in [0.1, 0.15) is 19.3 Å². The first-order valence-corrected chi connectivity index (χ1v) is 5.84. The third-order valence-electron chi connectivity index (χ3n) is 2.49. The van der Waals surface area contributed by atoms with Crippen LogP contribution in [0.15, 0.2) is 0 Å². The minimum Gasteiger partial charge on any atom is -0.379 e. The average molecular weight is 216 g/mol. The summed E-state index contributed by atoms with van der Waals surface area (Å²) < 4.78 is 20.9. The molecule has 2 atom stereocenters. The number of unbranched alkanes of at least 4 members (excludes halogenated alkanes) is 2. The molecular weight excluding hydrogens is 196 g/mol. The third-order valence-corrected chi connectivity index (χ3v) is 2.49. The van der Waals surface area contributed by atoms with Gasteiger partial charge in [0.15, 0.2) is 0 Å². The predicted octanol–water partition coefficient (Wildman–Crippen LogP) is 0.987. The second-order valence-corrected chi connectivity index (χ2v) is 4.12. The minimum absolute atomic E-state index is 0.395. The van der Waals surface area contributed by atoms with Gasteiger partial charge in [-0.1, -0.05) is 0 Å². The summed E-state index contributed by atoms with van der Waals surface area (Å²) in [6.45, 7) is 5.02. The molecule has 0 spiro atoms. The topological polar surface area (TPSA) is 43.5 Å². The summed E-state index contributed by atoms with van der Waals surface area (Å²) in [7, 11) is 0. The number of hydrogen-bond donors (Lipinski definition) is 0. The van der Waals surface area contributed by atoms with E-state index in [4.69, 9.17) is 18.9 Å². The van der Waals surface area contributed by atoms with E-state index in [-0.39, 0.29) is 0 Å². The highest BCUT2D eigenvalue weighted by atomic mass is 16.6. The lowest BCUT2D eigenvalue weighted by Gasteiger charge is -2.03. The van der Waals surface area contributed by atoms with Crippen molar-refractivity contribution in [2.45, 2.75) is 31.5 Å². The molecule has 88 valence electrons. The van der Waals surface area contributed by atoms with Gasteiger partial charge in [-0.15, -0.1) is 0 Å². The van der Waals surface area contributed by atoms with Crippen LogP contribution in [0.2, 0.25) is 0 Å². The summed E-state index contributed by atoms with van der Waals surface area (Å²) >= 11 is 0.